The lowest BCUT2D eigenvalue weighted by atomic mass is 10.3. The molecule has 0 spiro atoms. The molecule has 0 fully saturated rings. The number of hydrogen-bond acceptors (Lipinski definition) is 5. The maximum atomic E-state index is 11.6. The molecule has 0 aliphatic rings. The molecular formula is C10H15ClN4O3. The van der Waals surface area contributed by atoms with Gasteiger partial charge >= 0.3 is 5.97 Å². The highest BCUT2D eigenvalue weighted by molar-refractivity contribution is 6.17. The van der Waals surface area contributed by atoms with Crippen LogP contribution in [0, 0.1) is 0 Å². The van der Waals surface area contributed by atoms with Gasteiger partial charge in [0, 0.05) is 13.5 Å². The summed E-state index contributed by atoms with van der Waals surface area (Å²) in [5.41, 5.74) is 0.558. The number of amides is 1. The Balaban J connectivity index is 2.81. The molecule has 1 rings (SSSR count). The largest absolute Gasteiger partial charge is 0.461 e. The van der Waals surface area contributed by atoms with Gasteiger partial charge < -0.3 is 10.1 Å². The summed E-state index contributed by atoms with van der Waals surface area (Å²) in [6.07, 6.45) is 0.242. The van der Waals surface area contributed by atoms with Crippen LogP contribution in [0.4, 0.5) is 0 Å². The Kier molecular flexibility index (Phi) is 5.57. The van der Waals surface area contributed by atoms with Gasteiger partial charge in [0.25, 0.3) is 0 Å². The molecule has 0 atom stereocenters. The van der Waals surface area contributed by atoms with E-state index in [0.29, 0.717) is 12.2 Å². The third-order valence-electron chi connectivity index (χ3n) is 2.26. The van der Waals surface area contributed by atoms with Crippen LogP contribution in [0.3, 0.4) is 0 Å². The van der Waals surface area contributed by atoms with Gasteiger partial charge in [-0.2, -0.15) is 0 Å². The quantitative estimate of drug-likeness (QED) is 0.597. The molecule has 1 aromatic rings. The van der Waals surface area contributed by atoms with E-state index in [1.807, 2.05) is 0 Å². The van der Waals surface area contributed by atoms with Crippen molar-refractivity contribution in [3.8, 4) is 0 Å². The van der Waals surface area contributed by atoms with E-state index in [1.165, 1.54) is 4.68 Å². The second kappa shape index (κ2) is 6.95. The predicted molar refractivity (Wildman–Crippen MR) is 64.2 cm³/mol. The van der Waals surface area contributed by atoms with E-state index in [4.69, 9.17) is 16.3 Å². The summed E-state index contributed by atoms with van der Waals surface area (Å²) in [6, 6.07) is 0. The van der Waals surface area contributed by atoms with Crippen LogP contribution in [-0.2, 0) is 22.0 Å². The standard InChI is InChI=1S/C10H15ClN4O3/c1-3-18-10(17)9-7(6-11)15(14-13-9)5-4-8(16)12-2/h3-6H2,1-2H3,(H,12,16). The lowest BCUT2D eigenvalue weighted by Gasteiger charge is -2.04. The molecule has 1 N–H and O–H groups in total. The van der Waals surface area contributed by atoms with Gasteiger partial charge in [-0.25, -0.2) is 9.48 Å². The smallest absolute Gasteiger partial charge is 0.360 e. The Morgan fingerprint density at radius 1 is 1.50 bits per heavy atom. The van der Waals surface area contributed by atoms with Crippen molar-refractivity contribution < 1.29 is 14.3 Å². The number of nitrogens with zero attached hydrogens (tertiary/aromatic N) is 3. The van der Waals surface area contributed by atoms with Crippen molar-refractivity contribution in [1.29, 1.82) is 0 Å². The predicted octanol–water partition coefficient (Wildman–Crippen LogP) is 0.330. The van der Waals surface area contributed by atoms with E-state index in [0.717, 1.165) is 0 Å². The van der Waals surface area contributed by atoms with Crippen molar-refractivity contribution in [3.05, 3.63) is 11.4 Å². The number of aryl methyl sites for hydroxylation is 1. The van der Waals surface area contributed by atoms with E-state index in [9.17, 15) is 9.59 Å². The summed E-state index contributed by atoms with van der Waals surface area (Å²) < 4.78 is 6.28. The molecule has 7 nitrogen and oxygen atoms in total. The fourth-order valence-corrected chi connectivity index (χ4v) is 1.60. The first-order valence-corrected chi connectivity index (χ1v) is 6.03. The Labute approximate surface area is 109 Å². The number of rotatable bonds is 6. The Morgan fingerprint density at radius 3 is 2.78 bits per heavy atom. The van der Waals surface area contributed by atoms with Crippen LogP contribution >= 0.6 is 11.6 Å². The van der Waals surface area contributed by atoms with Gasteiger partial charge in [-0.3, -0.25) is 4.79 Å². The second-order valence-corrected chi connectivity index (χ2v) is 3.65. The molecule has 0 bridgehead atoms. The number of carbonyl (C=O) groups excluding carboxylic acids is 2. The summed E-state index contributed by atoms with van der Waals surface area (Å²) in [5, 5.41) is 10.0. The van der Waals surface area contributed by atoms with Gasteiger partial charge in [-0.05, 0) is 6.92 Å². The zero-order chi connectivity index (χ0) is 13.5. The van der Waals surface area contributed by atoms with E-state index in [2.05, 4.69) is 15.6 Å². The van der Waals surface area contributed by atoms with Crippen LogP contribution < -0.4 is 5.32 Å². The van der Waals surface area contributed by atoms with Gasteiger partial charge in [0.05, 0.1) is 24.7 Å². The van der Waals surface area contributed by atoms with Crippen molar-refractivity contribution in [2.24, 2.45) is 0 Å². The minimum absolute atomic E-state index is 0.0783. The third kappa shape index (κ3) is 3.43. The van der Waals surface area contributed by atoms with Crippen LogP contribution in [0.5, 0.6) is 0 Å². The van der Waals surface area contributed by atoms with Gasteiger partial charge in [0.2, 0.25) is 5.91 Å². The van der Waals surface area contributed by atoms with Crippen LogP contribution in [0.2, 0.25) is 0 Å². The summed E-state index contributed by atoms with van der Waals surface area (Å²) >= 11 is 5.76. The zero-order valence-electron chi connectivity index (χ0n) is 10.3. The third-order valence-corrected chi connectivity index (χ3v) is 2.52. The van der Waals surface area contributed by atoms with E-state index in [-0.39, 0.29) is 30.5 Å². The molecule has 100 valence electrons. The highest BCUT2D eigenvalue weighted by atomic mass is 35.5. The molecule has 0 saturated heterocycles. The van der Waals surface area contributed by atoms with Crippen LogP contribution in [-0.4, -0.2) is 40.5 Å². The summed E-state index contributed by atoms with van der Waals surface area (Å²) in [5.74, 6) is -0.599. The summed E-state index contributed by atoms with van der Waals surface area (Å²) in [4.78, 5) is 22.7. The highest BCUT2D eigenvalue weighted by Crippen LogP contribution is 2.11. The number of halogens is 1. The zero-order valence-corrected chi connectivity index (χ0v) is 11.0. The van der Waals surface area contributed by atoms with E-state index < -0.39 is 5.97 Å². The van der Waals surface area contributed by atoms with Crippen molar-refractivity contribution in [3.63, 3.8) is 0 Å². The molecule has 1 aromatic heterocycles. The summed E-state index contributed by atoms with van der Waals surface area (Å²) in [6.45, 7) is 2.27. The van der Waals surface area contributed by atoms with Crippen LogP contribution in [0.25, 0.3) is 0 Å². The molecule has 1 amide bonds. The van der Waals surface area contributed by atoms with Gasteiger partial charge in [-0.1, -0.05) is 5.21 Å². The SMILES string of the molecule is CCOC(=O)c1nnn(CCC(=O)NC)c1CCl. The van der Waals surface area contributed by atoms with E-state index >= 15 is 0 Å². The van der Waals surface area contributed by atoms with Crippen LogP contribution in [0.1, 0.15) is 29.5 Å². The molecule has 0 saturated carbocycles. The van der Waals surface area contributed by atoms with Crippen molar-refractivity contribution in [1.82, 2.24) is 20.3 Å². The van der Waals surface area contributed by atoms with Crippen molar-refractivity contribution in [2.75, 3.05) is 13.7 Å². The lowest BCUT2D eigenvalue weighted by molar-refractivity contribution is -0.120. The van der Waals surface area contributed by atoms with Gasteiger partial charge in [0.1, 0.15) is 0 Å². The highest BCUT2D eigenvalue weighted by Gasteiger charge is 2.20. The fourth-order valence-electron chi connectivity index (χ4n) is 1.34. The first kappa shape index (κ1) is 14.4. The Bertz CT molecular complexity index is 433. The normalized spacial score (nSPS) is 10.2. The average molecular weight is 275 g/mol. The van der Waals surface area contributed by atoms with E-state index in [1.54, 1.807) is 14.0 Å². The number of ether oxygens (including phenoxy) is 1. The molecular weight excluding hydrogens is 260 g/mol. The number of nitrogens with one attached hydrogen (secondary N) is 1. The molecule has 0 unspecified atom stereocenters. The second-order valence-electron chi connectivity index (χ2n) is 3.39. The topological polar surface area (TPSA) is 86.1 Å². The minimum atomic E-state index is -0.556. The average Bonchev–Trinajstić information content (AvgIpc) is 2.78. The monoisotopic (exact) mass is 274 g/mol. The maximum Gasteiger partial charge on any atom is 0.360 e. The Hall–Kier alpha value is -1.63. The first-order chi connectivity index (χ1) is 8.63. The number of alkyl halides is 1. The van der Waals surface area contributed by atoms with Crippen molar-refractivity contribution in [2.45, 2.75) is 25.8 Å². The molecule has 0 aliphatic carbocycles. The minimum Gasteiger partial charge on any atom is -0.461 e. The molecule has 8 heteroatoms. The number of hydrogen-bond donors (Lipinski definition) is 1. The molecule has 0 radical (unpaired) electrons. The molecule has 0 aromatic carbocycles. The Morgan fingerprint density at radius 2 is 2.22 bits per heavy atom. The lowest BCUT2D eigenvalue weighted by Crippen LogP contribution is -2.20. The molecule has 1 heterocycles. The van der Waals surface area contributed by atoms with Crippen LogP contribution in [0.15, 0.2) is 0 Å². The number of esters is 1. The van der Waals surface area contributed by atoms with Gasteiger partial charge in [0.15, 0.2) is 5.69 Å². The number of aromatic nitrogens is 3. The number of carbonyl (C=O) groups is 2. The molecule has 18 heavy (non-hydrogen) atoms. The molecule has 0 aliphatic heterocycles. The van der Waals surface area contributed by atoms with Crippen molar-refractivity contribution >= 4 is 23.5 Å². The maximum absolute atomic E-state index is 11.6. The summed E-state index contributed by atoms with van der Waals surface area (Å²) in [7, 11) is 1.55. The fraction of sp³-hybridized carbons (Fsp3) is 0.600. The first-order valence-electron chi connectivity index (χ1n) is 5.50. The van der Waals surface area contributed by atoms with Gasteiger partial charge in [-0.15, -0.1) is 16.7 Å².